The van der Waals surface area contributed by atoms with Crippen LogP contribution in [-0.4, -0.2) is 10.9 Å². The van der Waals surface area contributed by atoms with Gasteiger partial charge >= 0.3 is 0 Å². The third-order valence-electron chi connectivity index (χ3n) is 4.43. The van der Waals surface area contributed by atoms with E-state index in [9.17, 15) is 4.79 Å². The van der Waals surface area contributed by atoms with Crippen molar-refractivity contribution in [1.29, 1.82) is 0 Å². The number of benzene rings is 3. The number of hydrogen-bond acceptors (Lipinski definition) is 3. The van der Waals surface area contributed by atoms with Crippen molar-refractivity contribution < 1.29 is 9.21 Å². The van der Waals surface area contributed by atoms with Gasteiger partial charge in [-0.1, -0.05) is 42.3 Å². The van der Waals surface area contributed by atoms with Gasteiger partial charge in [0.25, 0.3) is 5.91 Å². The van der Waals surface area contributed by atoms with Crippen molar-refractivity contribution in [3.8, 4) is 11.5 Å². The van der Waals surface area contributed by atoms with E-state index in [-0.39, 0.29) is 5.91 Å². The highest BCUT2D eigenvalue weighted by Crippen LogP contribution is 2.33. The minimum atomic E-state index is -0.194. The van der Waals surface area contributed by atoms with Crippen LogP contribution in [0.5, 0.6) is 0 Å². The van der Waals surface area contributed by atoms with Crippen LogP contribution in [0.3, 0.4) is 0 Å². The van der Waals surface area contributed by atoms with Crippen LogP contribution in [0.2, 0.25) is 10.0 Å². The van der Waals surface area contributed by atoms with Crippen LogP contribution in [0.1, 0.15) is 22.8 Å². The molecule has 0 aliphatic heterocycles. The van der Waals surface area contributed by atoms with Crippen LogP contribution in [0.4, 0.5) is 5.69 Å². The molecule has 0 atom stereocenters. The molecule has 3 aromatic carbocycles. The Kier molecular flexibility index (Phi) is 5.07. The first-order chi connectivity index (χ1) is 13.5. The zero-order valence-electron chi connectivity index (χ0n) is 15.0. The number of anilines is 1. The molecule has 4 nitrogen and oxygen atoms in total. The van der Waals surface area contributed by atoms with Crippen LogP contribution >= 0.6 is 23.2 Å². The second-order valence-electron chi connectivity index (χ2n) is 6.33. The average Bonchev–Trinajstić information content (AvgIpc) is 3.12. The Balaban J connectivity index is 1.63. The summed E-state index contributed by atoms with van der Waals surface area (Å²) in [5.41, 5.74) is 4.22. The highest BCUT2D eigenvalue weighted by molar-refractivity contribution is 6.33. The maximum absolute atomic E-state index is 12.5. The predicted molar refractivity (Wildman–Crippen MR) is 113 cm³/mol. The number of hydrogen-bond donors (Lipinski definition) is 1. The average molecular weight is 411 g/mol. The van der Waals surface area contributed by atoms with Gasteiger partial charge in [0.1, 0.15) is 5.52 Å². The third kappa shape index (κ3) is 3.75. The molecule has 1 heterocycles. The summed E-state index contributed by atoms with van der Waals surface area (Å²) in [5, 5.41) is 3.94. The van der Waals surface area contributed by atoms with Crippen LogP contribution in [0.15, 0.2) is 65.1 Å². The van der Waals surface area contributed by atoms with Gasteiger partial charge in [0.15, 0.2) is 5.58 Å². The first kappa shape index (κ1) is 18.5. The fraction of sp³-hybridized carbons (Fsp3) is 0.0909. The van der Waals surface area contributed by atoms with Crippen LogP contribution in [-0.2, 0) is 6.42 Å². The van der Waals surface area contributed by atoms with E-state index in [2.05, 4.69) is 17.2 Å². The smallest absolute Gasteiger partial charge is 0.255 e. The molecular formula is C22H16Cl2N2O2. The summed E-state index contributed by atoms with van der Waals surface area (Å²) in [6, 6.07) is 17.9. The lowest BCUT2D eigenvalue weighted by atomic mass is 10.1. The molecule has 140 valence electrons. The van der Waals surface area contributed by atoms with Crippen molar-refractivity contribution in [3.05, 3.63) is 81.8 Å². The molecule has 1 amide bonds. The van der Waals surface area contributed by atoms with Crippen molar-refractivity contribution in [3.63, 3.8) is 0 Å². The summed E-state index contributed by atoms with van der Waals surface area (Å²) in [6.45, 7) is 2.07. The van der Waals surface area contributed by atoms with Gasteiger partial charge in [0.2, 0.25) is 5.89 Å². The number of aromatic nitrogens is 1. The van der Waals surface area contributed by atoms with E-state index >= 15 is 0 Å². The van der Waals surface area contributed by atoms with E-state index < -0.39 is 0 Å². The molecule has 0 fully saturated rings. The van der Waals surface area contributed by atoms with E-state index in [1.54, 1.807) is 36.4 Å². The van der Waals surface area contributed by atoms with Crippen molar-refractivity contribution in [2.24, 2.45) is 0 Å². The summed E-state index contributed by atoms with van der Waals surface area (Å²) in [6.07, 6.45) is 0.929. The van der Waals surface area contributed by atoms with Crippen LogP contribution in [0, 0.1) is 0 Å². The Morgan fingerprint density at radius 3 is 2.57 bits per heavy atom. The third-order valence-corrected chi connectivity index (χ3v) is 4.99. The fourth-order valence-electron chi connectivity index (χ4n) is 2.88. The topological polar surface area (TPSA) is 55.1 Å². The van der Waals surface area contributed by atoms with Crippen LogP contribution < -0.4 is 5.32 Å². The summed E-state index contributed by atoms with van der Waals surface area (Å²) in [5.74, 6) is 0.172. The van der Waals surface area contributed by atoms with Crippen LogP contribution in [0.25, 0.3) is 22.6 Å². The molecule has 6 heteroatoms. The standard InChI is InChI=1S/C22H16Cl2N2O2/c1-2-13-3-5-14(6-4-13)21(27)25-16-8-9-18(24)17(12-16)22-26-19-11-15(23)7-10-20(19)28-22/h3-12H,2H2,1H3,(H,25,27). The van der Waals surface area contributed by atoms with Crippen molar-refractivity contribution in [1.82, 2.24) is 4.98 Å². The number of oxazole rings is 1. The Bertz CT molecular complexity index is 1170. The molecule has 28 heavy (non-hydrogen) atoms. The maximum Gasteiger partial charge on any atom is 0.255 e. The molecule has 0 radical (unpaired) electrons. The molecule has 0 aliphatic carbocycles. The quantitative estimate of drug-likeness (QED) is 0.411. The van der Waals surface area contributed by atoms with Gasteiger partial charge in [-0.2, -0.15) is 0 Å². The van der Waals surface area contributed by atoms with E-state index in [0.29, 0.717) is 43.9 Å². The van der Waals surface area contributed by atoms with Gasteiger partial charge in [-0.25, -0.2) is 4.98 Å². The van der Waals surface area contributed by atoms with Crippen molar-refractivity contribution in [2.45, 2.75) is 13.3 Å². The number of halogens is 2. The number of nitrogens with one attached hydrogen (secondary N) is 1. The number of nitrogens with zero attached hydrogens (tertiary/aromatic N) is 1. The monoisotopic (exact) mass is 410 g/mol. The lowest BCUT2D eigenvalue weighted by Gasteiger charge is -2.08. The number of aryl methyl sites for hydroxylation is 1. The number of carbonyl (C=O) groups excluding carboxylic acids is 1. The molecule has 1 aromatic heterocycles. The van der Waals surface area contributed by atoms with Gasteiger partial charge in [-0.15, -0.1) is 0 Å². The summed E-state index contributed by atoms with van der Waals surface area (Å²) < 4.78 is 5.79. The van der Waals surface area contributed by atoms with Crippen molar-refractivity contribution in [2.75, 3.05) is 5.32 Å². The van der Waals surface area contributed by atoms with Gasteiger partial charge in [0.05, 0.1) is 10.6 Å². The van der Waals surface area contributed by atoms with Gasteiger partial charge in [-0.3, -0.25) is 4.79 Å². The number of carbonyl (C=O) groups is 1. The molecular weight excluding hydrogens is 395 g/mol. The van der Waals surface area contributed by atoms with Crippen molar-refractivity contribution >= 4 is 45.9 Å². The van der Waals surface area contributed by atoms with E-state index in [1.807, 2.05) is 24.3 Å². The van der Waals surface area contributed by atoms with Gasteiger partial charge < -0.3 is 9.73 Å². The second-order valence-corrected chi connectivity index (χ2v) is 7.17. The highest BCUT2D eigenvalue weighted by Gasteiger charge is 2.14. The van der Waals surface area contributed by atoms with E-state index in [0.717, 1.165) is 6.42 Å². The first-order valence-electron chi connectivity index (χ1n) is 8.80. The molecule has 0 saturated carbocycles. The summed E-state index contributed by atoms with van der Waals surface area (Å²) >= 11 is 12.3. The number of rotatable bonds is 4. The first-order valence-corrected chi connectivity index (χ1v) is 9.55. The summed E-state index contributed by atoms with van der Waals surface area (Å²) in [7, 11) is 0. The second kappa shape index (κ2) is 7.66. The largest absolute Gasteiger partial charge is 0.436 e. The number of amides is 1. The van der Waals surface area contributed by atoms with E-state index in [1.165, 1.54) is 5.56 Å². The normalized spacial score (nSPS) is 11.0. The Labute approximate surface area is 172 Å². The number of fused-ring (bicyclic) bond motifs is 1. The summed E-state index contributed by atoms with van der Waals surface area (Å²) in [4.78, 5) is 17.0. The molecule has 0 spiro atoms. The SMILES string of the molecule is CCc1ccc(C(=O)Nc2ccc(Cl)c(-c3nc4cc(Cl)ccc4o3)c2)cc1. The fourth-order valence-corrected chi connectivity index (χ4v) is 3.24. The Morgan fingerprint density at radius 2 is 1.82 bits per heavy atom. The minimum Gasteiger partial charge on any atom is -0.436 e. The molecule has 0 aliphatic rings. The minimum absolute atomic E-state index is 0.194. The zero-order chi connectivity index (χ0) is 19.7. The van der Waals surface area contributed by atoms with Gasteiger partial charge in [-0.05, 0) is 60.5 Å². The lowest BCUT2D eigenvalue weighted by Crippen LogP contribution is -2.11. The zero-order valence-corrected chi connectivity index (χ0v) is 16.5. The molecule has 0 bridgehead atoms. The molecule has 4 rings (SSSR count). The van der Waals surface area contributed by atoms with Gasteiger partial charge in [0, 0.05) is 16.3 Å². The predicted octanol–water partition coefficient (Wildman–Crippen LogP) is 6.62. The maximum atomic E-state index is 12.5. The molecule has 4 aromatic rings. The highest BCUT2D eigenvalue weighted by atomic mass is 35.5. The Morgan fingerprint density at radius 1 is 1.04 bits per heavy atom. The lowest BCUT2D eigenvalue weighted by molar-refractivity contribution is 0.102. The molecule has 0 saturated heterocycles. The molecule has 1 N–H and O–H groups in total. The van der Waals surface area contributed by atoms with E-state index in [4.69, 9.17) is 27.6 Å². The molecule has 0 unspecified atom stereocenters. The Hall–Kier alpha value is -2.82.